The van der Waals surface area contributed by atoms with Gasteiger partial charge in [0.25, 0.3) is 10.1 Å². The normalized spacial score (nSPS) is 31.8. The summed E-state index contributed by atoms with van der Waals surface area (Å²) in [5, 5.41) is 0. The molecule has 12 heavy (non-hydrogen) atoms. The van der Waals surface area contributed by atoms with Crippen LogP contribution in [-0.2, 0) is 14.3 Å². The first-order valence-corrected chi connectivity index (χ1v) is 6.19. The minimum Gasteiger partial charge on any atom is -0.267 e. The predicted molar refractivity (Wildman–Crippen MR) is 47.3 cm³/mol. The lowest BCUT2D eigenvalue weighted by Gasteiger charge is -2.27. The van der Waals surface area contributed by atoms with Gasteiger partial charge in [0, 0.05) is 0 Å². The second kappa shape index (κ2) is 3.75. The van der Waals surface area contributed by atoms with Gasteiger partial charge in [0.2, 0.25) is 0 Å². The largest absolute Gasteiger partial charge is 0.267 e. The summed E-state index contributed by atoms with van der Waals surface area (Å²) in [6.07, 6.45) is 5.30. The highest BCUT2D eigenvalue weighted by molar-refractivity contribution is 7.86. The Morgan fingerprint density at radius 1 is 1.25 bits per heavy atom. The monoisotopic (exact) mass is 192 g/mol. The molecule has 0 aliphatic heterocycles. The van der Waals surface area contributed by atoms with Gasteiger partial charge in [-0.15, -0.1) is 0 Å². The molecular formula is C8H16O3S. The van der Waals surface area contributed by atoms with E-state index in [9.17, 15) is 8.42 Å². The van der Waals surface area contributed by atoms with Crippen molar-refractivity contribution in [3.05, 3.63) is 0 Å². The number of hydrogen-bond donors (Lipinski definition) is 0. The van der Waals surface area contributed by atoms with E-state index in [-0.39, 0.29) is 6.10 Å². The fraction of sp³-hybridized carbons (Fsp3) is 1.00. The highest BCUT2D eigenvalue weighted by atomic mass is 32.2. The van der Waals surface area contributed by atoms with Crippen molar-refractivity contribution in [1.29, 1.82) is 0 Å². The van der Waals surface area contributed by atoms with Gasteiger partial charge in [-0.05, 0) is 18.8 Å². The molecule has 4 heteroatoms. The van der Waals surface area contributed by atoms with Crippen LogP contribution in [0.15, 0.2) is 0 Å². The van der Waals surface area contributed by atoms with Gasteiger partial charge in [0.1, 0.15) is 0 Å². The lowest BCUT2D eigenvalue weighted by Crippen LogP contribution is -2.27. The molecule has 1 aliphatic carbocycles. The van der Waals surface area contributed by atoms with Crippen molar-refractivity contribution >= 4 is 10.1 Å². The van der Waals surface area contributed by atoms with E-state index in [0.717, 1.165) is 25.5 Å². The second-order valence-electron chi connectivity index (χ2n) is 3.60. The van der Waals surface area contributed by atoms with Crippen LogP contribution in [-0.4, -0.2) is 20.8 Å². The van der Waals surface area contributed by atoms with Gasteiger partial charge >= 0.3 is 0 Å². The zero-order valence-electron chi connectivity index (χ0n) is 7.62. The maximum Gasteiger partial charge on any atom is 0.264 e. The predicted octanol–water partition coefficient (Wildman–Crippen LogP) is 1.54. The van der Waals surface area contributed by atoms with Crippen LogP contribution in [0.4, 0.5) is 0 Å². The molecule has 0 radical (unpaired) electrons. The van der Waals surface area contributed by atoms with Crippen molar-refractivity contribution in [2.24, 2.45) is 5.92 Å². The summed E-state index contributed by atoms with van der Waals surface area (Å²) in [6, 6.07) is 0. The molecular weight excluding hydrogens is 176 g/mol. The molecule has 1 rings (SSSR count). The van der Waals surface area contributed by atoms with Crippen molar-refractivity contribution in [3.63, 3.8) is 0 Å². The third-order valence-electron chi connectivity index (χ3n) is 2.33. The Balaban J connectivity index is 2.50. The lowest BCUT2D eigenvalue weighted by atomic mass is 9.88. The van der Waals surface area contributed by atoms with E-state index in [4.69, 9.17) is 4.18 Å². The second-order valence-corrected chi connectivity index (χ2v) is 5.20. The Bertz CT molecular complexity index is 233. The summed E-state index contributed by atoms with van der Waals surface area (Å²) < 4.78 is 26.6. The molecule has 1 saturated carbocycles. The van der Waals surface area contributed by atoms with Crippen molar-refractivity contribution in [3.8, 4) is 0 Å². The average Bonchev–Trinajstić information content (AvgIpc) is 1.91. The quantitative estimate of drug-likeness (QED) is 0.623. The Kier molecular flexibility index (Phi) is 3.12. The van der Waals surface area contributed by atoms with Gasteiger partial charge in [-0.1, -0.05) is 19.8 Å². The number of hydrogen-bond acceptors (Lipinski definition) is 3. The van der Waals surface area contributed by atoms with E-state index in [1.54, 1.807) is 0 Å². The zero-order chi connectivity index (χ0) is 9.19. The highest BCUT2D eigenvalue weighted by Gasteiger charge is 2.24. The molecule has 0 aromatic heterocycles. The molecule has 1 fully saturated rings. The topological polar surface area (TPSA) is 43.4 Å². The van der Waals surface area contributed by atoms with Crippen LogP contribution in [0.3, 0.4) is 0 Å². The van der Waals surface area contributed by atoms with E-state index in [1.807, 2.05) is 0 Å². The molecule has 2 atom stereocenters. The Morgan fingerprint density at radius 3 is 2.33 bits per heavy atom. The standard InChI is InChI=1S/C8H16O3S/c1-7-5-3-4-6-8(7)11-12(2,9)10/h7-8H,3-6H2,1-2H3. The SMILES string of the molecule is CC1CCCCC1OS(C)(=O)=O. The summed E-state index contributed by atoms with van der Waals surface area (Å²) >= 11 is 0. The smallest absolute Gasteiger partial charge is 0.264 e. The average molecular weight is 192 g/mol. The van der Waals surface area contributed by atoms with Crippen LogP contribution < -0.4 is 0 Å². The minimum atomic E-state index is -3.26. The molecule has 0 saturated heterocycles. The molecule has 0 spiro atoms. The van der Waals surface area contributed by atoms with Crippen molar-refractivity contribution in [1.82, 2.24) is 0 Å². The minimum absolute atomic E-state index is 0.0752. The molecule has 0 amide bonds. The third-order valence-corrected chi connectivity index (χ3v) is 2.93. The lowest BCUT2D eigenvalue weighted by molar-refractivity contribution is 0.110. The maximum absolute atomic E-state index is 10.8. The summed E-state index contributed by atoms with van der Waals surface area (Å²) in [5.41, 5.74) is 0. The zero-order valence-corrected chi connectivity index (χ0v) is 8.43. The van der Waals surface area contributed by atoms with Gasteiger partial charge in [-0.3, -0.25) is 4.18 Å². The van der Waals surface area contributed by atoms with Crippen LogP contribution >= 0.6 is 0 Å². The first-order valence-electron chi connectivity index (χ1n) is 4.37. The fourth-order valence-corrected chi connectivity index (χ4v) is 2.38. The van der Waals surface area contributed by atoms with Gasteiger partial charge < -0.3 is 0 Å². The van der Waals surface area contributed by atoms with Gasteiger partial charge in [-0.2, -0.15) is 8.42 Å². The molecule has 72 valence electrons. The van der Waals surface area contributed by atoms with E-state index in [2.05, 4.69) is 6.92 Å². The van der Waals surface area contributed by atoms with E-state index in [0.29, 0.717) is 5.92 Å². The Hall–Kier alpha value is -0.0900. The van der Waals surface area contributed by atoms with Gasteiger partial charge in [0.15, 0.2) is 0 Å². The summed E-state index contributed by atoms with van der Waals surface area (Å²) in [7, 11) is -3.26. The molecule has 0 N–H and O–H groups in total. The van der Waals surface area contributed by atoms with Crippen LogP contribution in [0.1, 0.15) is 32.6 Å². The first kappa shape index (κ1) is 9.99. The molecule has 2 unspecified atom stereocenters. The molecule has 1 aliphatic rings. The third kappa shape index (κ3) is 3.11. The Labute approximate surface area is 74.2 Å². The summed E-state index contributed by atoms with van der Waals surface area (Å²) in [5.74, 6) is 0.383. The van der Waals surface area contributed by atoms with Crippen LogP contribution in [0, 0.1) is 5.92 Å². The summed E-state index contributed by atoms with van der Waals surface area (Å²) in [6.45, 7) is 2.05. The number of rotatable bonds is 2. The van der Waals surface area contributed by atoms with Gasteiger partial charge in [0.05, 0.1) is 12.4 Å². The molecule has 0 aromatic carbocycles. The van der Waals surface area contributed by atoms with Crippen LogP contribution in [0.2, 0.25) is 0 Å². The van der Waals surface area contributed by atoms with E-state index < -0.39 is 10.1 Å². The molecule has 0 bridgehead atoms. The summed E-state index contributed by atoms with van der Waals surface area (Å²) in [4.78, 5) is 0. The fourth-order valence-electron chi connectivity index (χ4n) is 1.65. The van der Waals surface area contributed by atoms with Crippen molar-refractivity contribution < 1.29 is 12.6 Å². The van der Waals surface area contributed by atoms with E-state index in [1.165, 1.54) is 6.42 Å². The molecule has 0 heterocycles. The van der Waals surface area contributed by atoms with Gasteiger partial charge in [-0.25, -0.2) is 0 Å². The maximum atomic E-state index is 10.8. The Morgan fingerprint density at radius 2 is 1.83 bits per heavy atom. The van der Waals surface area contributed by atoms with Crippen LogP contribution in [0.25, 0.3) is 0 Å². The molecule has 0 aromatic rings. The first-order chi connectivity index (χ1) is 5.49. The van der Waals surface area contributed by atoms with Crippen molar-refractivity contribution in [2.45, 2.75) is 38.7 Å². The highest BCUT2D eigenvalue weighted by Crippen LogP contribution is 2.27. The van der Waals surface area contributed by atoms with Crippen molar-refractivity contribution in [2.75, 3.05) is 6.26 Å². The molecule has 3 nitrogen and oxygen atoms in total. The van der Waals surface area contributed by atoms with E-state index >= 15 is 0 Å². The van der Waals surface area contributed by atoms with Crippen LogP contribution in [0.5, 0.6) is 0 Å².